The van der Waals surface area contributed by atoms with Gasteiger partial charge in [0, 0.05) is 28.7 Å². The molecular weight excluding hydrogens is 528 g/mol. The summed E-state index contributed by atoms with van der Waals surface area (Å²) in [6.45, 7) is 22.0. The van der Waals surface area contributed by atoms with Gasteiger partial charge < -0.3 is 14.9 Å². The second kappa shape index (κ2) is 14.3. The molecule has 0 aromatic heterocycles. The van der Waals surface area contributed by atoms with Gasteiger partial charge >= 0.3 is 0 Å². The highest BCUT2D eigenvalue weighted by molar-refractivity contribution is 5.40. The maximum absolute atomic E-state index is 10.3. The van der Waals surface area contributed by atoms with E-state index in [9.17, 15) is 10.2 Å². The molecule has 0 bridgehead atoms. The van der Waals surface area contributed by atoms with Crippen LogP contribution in [0.2, 0.25) is 0 Å². The minimum Gasteiger partial charge on any atom is -0.393 e. The molecule has 43 heavy (non-hydrogen) atoms. The Hall–Kier alpha value is -2.12. The summed E-state index contributed by atoms with van der Waals surface area (Å²) in [6.07, 6.45) is 27.0. The molecule has 2 fully saturated rings. The maximum Gasteiger partial charge on any atom is 0.121 e. The van der Waals surface area contributed by atoms with Crippen LogP contribution in [0, 0.1) is 46.3 Å². The first-order chi connectivity index (χ1) is 20.0. The van der Waals surface area contributed by atoms with E-state index in [1.807, 2.05) is 0 Å². The molecule has 0 radical (unpaired) electrons. The number of fused-ring (bicyclic) bond motifs is 1. The molecule has 1 aliphatic heterocycles. The van der Waals surface area contributed by atoms with E-state index < -0.39 is 0 Å². The van der Waals surface area contributed by atoms with Crippen LogP contribution >= 0.6 is 0 Å². The van der Waals surface area contributed by atoms with Gasteiger partial charge in [0.15, 0.2) is 0 Å². The standard InChI is InChI=1S/C40H60O3/c1-29(17-13-19-31(3)21-22-36-33(5)25-34(41)26-37(36,6)7)15-11-12-16-30(2)18-14-20-32(4)23-24-40-38(8,9)27-35(42)28-39(40,10)43-40/h11-16,19-20,23-24,29-32,34-35,41-42H,17-18,25-28H2,1-10H3/b15-11+,16-12+,19-13+,20-14+,24-23+/t29?,30?,31?,32?,34-,35+,39-,40+/m1/s1. The van der Waals surface area contributed by atoms with Gasteiger partial charge in [0.25, 0.3) is 0 Å². The van der Waals surface area contributed by atoms with Crippen LogP contribution < -0.4 is 0 Å². The van der Waals surface area contributed by atoms with E-state index in [0.717, 1.165) is 38.5 Å². The van der Waals surface area contributed by atoms with Crippen LogP contribution in [-0.4, -0.2) is 33.6 Å². The summed E-state index contributed by atoms with van der Waals surface area (Å²) in [5, 5.41) is 20.4. The number of hydrogen-bond donors (Lipinski definition) is 2. The predicted molar refractivity (Wildman–Crippen MR) is 182 cm³/mol. The Morgan fingerprint density at radius 3 is 2.00 bits per heavy atom. The molecule has 1 heterocycles. The fourth-order valence-electron chi connectivity index (χ4n) is 7.40. The first kappa shape index (κ1) is 35.4. The Morgan fingerprint density at radius 1 is 0.814 bits per heavy atom. The lowest BCUT2D eigenvalue weighted by Crippen LogP contribution is -2.46. The van der Waals surface area contributed by atoms with Crippen LogP contribution in [0.1, 0.15) is 108 Å². The Morgan fingerprint density at radius 2 is 1.42 bits per heavy atom. The normalized spacial score (nSPS) is 33.2. The SMILES string of the molecule is CC1=C(C#CC(C)/C=C/CC(C)/C=C/C=C/C(C)C/C=C/C(C)/C=C/[C@@]23O[C@]2(C)C[C@@H](O)CC3(C)C)C(C)(C)C[C@H](O)C1. The fourth-order valence-corrected chi connectivity index (χ4v) is 7.40. The second-order valence-electron chi connectivity index (χ2n) is 15.4. The zero-order valence-electron chi connectivity index (χ0n) is 28.8. The number of ether oxygens (including phenoxy) is 1. The van der Waals surface area contributed by atoms with Gasteiger partial charge in [-0.2, -0.15) is 0 Å². The smallest absolute Gasteiger partial charge is 0.121 e. The summed E-state index contributed by atoms with van der Waals surface area (Å²) >= 11 is 0. The number of hydrogen-bond acceptors (Lipinski definition) is 3. The summed E-state index contributed by atoms with van der Waals surface area (Å²) in [6, 6.07) is 0. The minimum atomic E-state index is -0.273. The van der Waals surface area contributed by atoms with E-state index in [2.05, 4.69) is 142 Å². The van der Waals surface area contributed by atoms with Crippen molar-refractivity contribution in [1.82, 2.24) is 0 Å². The third-order valence-electron chi connectivity index (χ3n) is 9.83. The average molecular weight is 589 g/mol. The Bertz CT molecular complexity index is 1200. The van der Waals surface area contributed by atoms with Crippen molar-refractivity contribution in [2.45, 2.75) is 131 Å². The van der Waals surface area contributed by atoms with Crippen molar-refractivity contribution in [1.29, 1.82) is 0 Å². The van der Waals surface area contributed by atoms with Crippen LogP contribution in [0.25, 0.3) is 0 Å². The van der Waals surface area contributed by atoms with E-state index in [4.69, 9.17) is 4.74 Å². The van der Waals surface area contributed by atoms with Crippen LogP contribution in [-0.2, 0) is 4.74 Å². The van der Waals surface area contributed by atoms with E-state index in [0.29, 0.717) is 17.8 Å². The van der Waals surface area contributed by atoms with Crippen LogP contribution in [0.3, 0.4) is 0 Å². The lowest BCUT2D eigenvalue weighted by molar-refractivity contribution is 0.0514. The molecule has 0 spiro atoms. The molecule has 1 saturated carbocycles. The molecule has 1 saturated heterocycles. The van der Waals surface area contributed by atoms with Crippen molar-refractivity contribution in [3.8, 4) is 11.8 Å². The van der Waals surface area contributed by atoms with Gasteiger partial charge in [0.2, 0.25) is 0 Å². The molecule has 3 aliphatic rings. The zero-order chi connectivity index (χ0) is 32.1. The molecule has 8 atom stereocenters. The van der Waals surface area contributed by atoms with E-state index in [1.165, 1.54) is 11.1 Å². The van der Waals surface area contributed by atoms with Crippen molar-refractivity contribution in [3.63, 3.8) is 0 Å². The van der Waals surface area contributed by atoms with Crippen molar-refractivity contribution in [2.75, 3.05) is 0 Å². The highest BCUT2D eigenvalue weighted by Crippen LogP contribution is 2.66. The van der Waals surface area contributed by atoms with E-state index >= 15 is 0 Å². The molecule has 0 amide bonds. The first-order valence-electron chi connectivity index (χ1n) is 16.7. The number of allylic oxidation sites excluding steroid dienone is 10. The third kappa shape index (κ3) is 9.20. The molecule has 3 rings (SSSR count). The van der Waals surface area contributed by atoms with Gasteiger partial charge in [-0.05, 0) is 70.6 Å². The monoisotopic (exact) mass is 588 g/mol. The summed E-state index contributed by atoms with van der Waals surface area (Å²) in [5.74, 6) is 8.37. The average Bonchev–Trinajstić information content (AvgIpc) is 3.49. The van der Waals surface area contributed by atoms with Crippen molar-refractivity contribution < 1.29 is 14.9 Å². The molecule has 3 heteroatoms. The molecule has 0 aromatic rings. The molecule has 3 nitrogen and oxygen atoms in total. The molecule has 238 valence electrons. The third-order valence-corrected chi connectivity index (χ3v) is 9.83. The lowest BCUT2D eigenvalue weighted by atomic mass is 9.63. The highest BCUT2D eigenvalue weighted by Gasteiger charge is 2.74. The number of rotatable bonds is 11. The fraction of sp³-hybridized carbons (Fsp3) is 0.650. The van der Waals surface area contributed by atoms with E-state index in [-0.39, 0.29) is 40.2 Å². The first-order valence-corrected chi connectivity index (χ1v) is 16.7. The topological polar surface area (TPSA) is 53.0 Å². The van der Waals surface area contributed by atoms with Gasteiger partial charge in [0.1, 0.15) is 11.2 Å². The van der Waals surface area contributed by atoms with Gasteiger partial charge in [-0.25, -0.2) is 0 Å². The lowest BCUT2D eigenvalue weighted by Gasteiger charge is -2.39. The van der Waals surface area contributed by atoms with Crippen LogP contribution in [0.4, 0.5) is 0 Å². The number of aliphatic hydroxyl groups is 2. The Kier molecular flexibility index (Phi) is 11.8. The summed E-state index contributed by atoms with van der Waals surface area (Å²) in [4.78, 5) is 0. The summed E-state index contributed by atoms with van der Waals surface area (Å²) in [7, 11) is 0. The summed E-state index contributed by atoms with van der Waals surface area (Å²) in [5.41, 5.74) is 1.83. The predicted octanol–water partition coefficient (Wildman–Crippen LogP) is 9.30. The molecule has 0 aromatic carbocycles. The van der Waals surface area contributed by atoms with Crippen LogP contribution in [0.5, 0.6) is 0 Å². The number of aliphatic hydroxyl groups excluding tert-OH is 2. The van der Waals surface area contributed by atoms with Crippen molar-refractivity contribution in [3.05, 3.63) is 71.9 Å². The quantitative estimate of drug-likeness (QED) is 0.109. The largest absolute Gasteiger partial charge is 0.393 e. The minimum absolute atomic E-state index is 0.0540. The van der Waals surface area contributed by atoms with E-state index in [1.54, 1.807) is 0 Å². The van der Waals surface area contributed by atoms with Gasteiger partial charge in [0.05, 0.1) is 12.2 Å². The van der Waals surface area contributed by atoms with Crippen molar-refractivity contribution in [2.24, 2.45) is 34.5 Å². The molecule has 4 unspecified atom stereocenters. The van der Waals surface area contributed by atoms with Crippen LogP contribution in [0.15, 0.2) is 71.9 Å². The summed E-state index contributed by atoms with van der Waals surface area (Å²) < 4.78 is 6.27. The molecule has 2 aliphatic carbocycles. The Balaban J connectivity index is 1.38. The van der Waals surface area contributed by atoms with Crippen molar-refractivity contribution >= 4 is 0 Å². The maximum atomic E-state index is 10.3. The van der Waals surface area contributed by atoms with Gasteiger partial charge in [-0.15, -0.1) is 0 Å². The van der Waals surface area contributed by atoms with Gasteiger partial charge in [-0.1, -0.05) is 127 Å². The number of epoxide rings is 1. The molecule has 2 N–H and O–H groups in total. The second-order valence-corrected chi connectivity index (χ2v) is 15.4. The Labute approximate surface area is 264 Å². The highest BCUT2D eigenvalue weighted by atomic mass is 16.6. The van der Waals surface area contributed by atoms with Gasteiger partial charge in [-0.3, -0.25) is 0 Å². The molecular formula is C40H60O3. The zero-order valence-corrected chi connectivity index (χ0v) is 28.8.